The van der Waals surface area contributed by atoms with E-state index in [0.29, 0.717) is 11.9 Å². The normalized spacial score (nSPS) is 29.7. The standard InChI is InChI=1S/C17H31N3O/c1-14(2)20-11-5-6-16(20)17(21)19-12-7-15(8-13-19)18-9-3-4-10-18/h14-16H,3-13H2,1-2H3/t16-/m1/s1. The second kappa shape index (κ2) is 6.66. The number of piperidine rings is 1. The number of nitrogens with zero attached hydrogens (tertiary/aromatic N) is 3. The van der Waals surface area contributed by atoms with E-state index in [9.17, 15) is 4.79 Å². The van der Waals surface area contributed by atoms with Crippen LogP contribution in [0.4, 0.5) is 0 Å². The first-order chi connectivity index (χ1) is 10.2. The Morgan fingerprint density at radius 2 is 1.57 bits per heavy atom. The Balaban J connectivity index is 1.52. The Bertz CT molecular complexity index is 357. The van der Waals surface area contributed by atoms with Crippen LogP contribution < -0.4 is 0 Å². The maximum absolute atomic E-state index is 12.8. The highest BCUT2D eigenvalue weighted by atomic mass is 16.2. The molecule has 0 N–H and O–H groups in total. The molecule has 21 heavy (non-hydrogen) atoms. The van der Waals surface area contributed by atoms with Gasteiger partial charge in [0.25, 0.3) is 0 Å². The number of carbonyl (C=O) groups is 1. The summed E-state index contributed by atoms with van der Waals surface area (Å²) in [5.41, 5.74) is 0. The summed E-state index contributed by atoms with van der Waals surface area (Å²) >= 11 is 0. The Labute approximate surface area is 129 Å². The maximum Gasteiger partial charge on any atom is 0.239 e. The van der Waals surface area contributed by atoms with Crippen molar-refractivity contribution in [1.82, 2.24) is 14.7 Å². The number of hydrogen-bond donors (Lipinski definition) is 0. The van der Waals surface area contributed by atoms with E-state index in [2.05, 4.69) is 28.5 Å². The lowest BCUT2D eigenvalue weighted by atomic mass is 10.0. The number of hydrogen-bond acceptors (Lipinski definition) is 3. The van der Waals surface area contributed by atoms with Gasteiger partial charge in [0.15, 0.2) is 0 Å². The van der Waals surface area contributed by atoms with Crippen molar-refractivity contribution in [3.05, 3.63) is 0 Å². The minimum Gasteiger partial charge on any atom is -0.341 e. The fraction of sp³-hybridized carbons (Fsp3) is 0.941. The third-order valence-electron chi connectivity index (χ3n) is 5.68. The summed E-state index contributed by atoms with van der Waals surface area (Å²) in [6, 6.07) is 1.39. The molecule has 1 amide bonds. The van der Waals surface area contributed by atoms with Gasteiger partial charge in [0, 0.05) is 25.2 Å². The molecule has 0 bridgehead atoms. The summed E-state index contributed by atoms with van der Waals surface area (Å²) < 4.78 is 0. The Hall–Kier alpha value is -0.610. The van der Waals surface area contributed by atoms with E-state index in [4.69, 9.17) is 0 Å². The summed E-state index contributed by atoms with van der Waals surface area (Å²) in [6.45, 7) is 10.0. The molecule has 3 saturated heterocycles. The molecule has 0 aromatic rings. The monoisotopic (exact) mass is 293 g/mol. The average molecular weight is 293 g/mol. The number of rotatable bonds is 3. The molecule has 4 nitrogen and oxygen atoms in total. The van der Waals surface area contributed by atoms with Crippen LogP contribution >= 0.6 is 0 Å². The van der Waals surface area contributed by atoms with Crippen LogP contribution in [0.15, 0.2) is 0 Å². The van der Waals surface area contributed by atoms with Gasteiger partial charge in [-0.1, -0.05) is 0 Å². The lowest BCUT2D eigenvalue weighted by Gasteiger charge is -2.39. The summed E-state index contributed by atoms with van der Waals surface area (Å²) in [6.07, 6.45) is 7.33. The summed E-state index contributed by atoms with van der Waals surface area (Å²) in [7, 11) is 0. The van der Waals surface area contributed by atoms with Crippen molar-refractivity contribution in [2.45, 2.75) is 70.5 Å². The van der Waals surface area contributed by atoms with Crippen molar-refractivity contribution in [3.63, 3.8) is 0 Å². The van der Waals surface area contributed by atoms with Gasteiger partial charge in [-0.3, -0.25) is 9.69 Å². The van der Waals surface area contributed by atoms with Crippen molar-refractivity contribution in [1.29, 1.82) is 0 Å². The minimum absolute atomic E-state index is 0.160. The summed E-state index contributed by atoms with van der Waals surface area (Å²) in [5.74, 6) is 0.404. The Morgan fingerprint density at radius 1 is 0.905 bits per heavy atom. The van der Waals surface area contributed by atoms with Gasteiger partial charge in [0.1, 0.15) is 0 Å². The predicted molar refractivity (Wildman–Crippen MR) is 85.3 cm³/mol. The van der Waals surface area contributed by atoms with Gasteiger partial charge in [-0.05, 0) is 72.0 Å². The first kappa shape index (κ1) is 15.3. The molecule has 1 atom stereocenters. The SMILES string of the molecule is CC(C)N1CCC[C@@H]1C(=O)N1CCC(N2CCCC2)CC1. The summed E-state index contributed by atoms with van der Waals surface area (Å²) in [5, 5.41) is 0. The zero-order valence-electron chi connectivity index (χ0n) is 13.8. The van der Waals surface area contributed by atoms with E-state index >= 15 is 0 Å². The molecule has 0 radical (unpaired) electrons. The fourth-order valence-electron chi connectivity index (χ4n) is 4.44. The van der Waals surface area contributed by atoms with Crippen LogP contribution in [0.2, 0.25) is 0 Å². The molecule has 0 aromatic carbocycles. The molecule has 0 spiro atoms. The second-order valence-electron chi connectivity index (χ2n) is 7.29. The quantitative estimate of drug-likeness (QED) is 0.796. The molecule has 3 rings (SSSR count). The fourth-order valence-corrected chi connectivity index (χ4v) is 4.44. The van der Waals surface area contributed by atoms with Gasteiger partial charge in [-0.15, -0.1) is 0 Å². The van der Waals surface area contributed by atoms with Gasteiger partial charge in [-0.2, -0.15) is 0 Å². The minimum atomic E-state index is 0.160. The van der Waals surface area contributed by atoms with Crippen LogP contribution in [0.5, 0.6) is 0 Å². The van der Waals surface area contributed by atoms with Crippen LogP contribution in [0.25, 0.3) is 0 Å². The van der Waals surface area contributed by atoms with Gasteiger partial charge >= 0.3 is 0 Å². The van der Waals surface area contributed by atoms with Gasteiger partial charge in [-0.25, -0.2) is 0 Å². The average Bonchev–Trinajstić information content (AvgIpc) is 3.18. The van der Waals surface area contributed by atoms with Crippen molar-refractivity contribution in [2.24, 2.45) is 0 Å². The van der Waals surface area contributed by atoms with Crippen LogP contribution in [0.1, 0.15) is 52.4 Å². The van der Waals surface area contributed by atoms with Crippen LogP contribution in [-0.4, -0.2) is 71.5 Å². The highest BCUT2D eigenvalue weighted by Crippen LogP contribution is 2.25. The zero-order valence-corrected chi connectivity index (χ0v) is 13.8. The van der Waals surface area contributed by atoms with E-state index < -0.39 is 0 Å². The van der Waals surface area contributed by atoms with Gasteiger partial charge in [0.05, 0.1) is 6.04 Å². The second-order valence-corrected chi connectivity index (χ2v) is 7.29. The van der Waals surface area contributed by atoms with E-state index in [0.717, 1.165) is 32.1 Å². The van der Waals surface area contributed by atoms with Gasteiger partial charge < -0.3 is 9.80 Å². The summed E-state index contributed by atoms with van der Waals surface area (Å²) in [4.78, 5) is 20.0. The third-order valence-corrected chi connectivity index (χ3v) is 5.68. The lowest BCUT2D eigenvalue weighted by Crippen LogP contribution is -2.52. The number of amides is 1. The van der Waals surface area contributed by atoms with Crippen molar-refractivity contribution < 1.29 is 4.79 Å². The highest BCUT2D eigenvalue weighted by molar-refractivity contribution is 5.82. The van der Waals surface area contributed by atoms with Crippen LogP contribution in [0.3, 0.4) is 0 Å². The first-order valence-corrected chi connectivity index (χ1v) is 8.95. The highest BCUT2D eigenvalue weighted by Gasteiger charge is 2.36. The molecule has 0 unspecified atom stereocenters. The molecule has 3 aliphatic rings. The van der Waals surface area contributed by atoms with E-state index in [1.165, 1.54) is 45.2 Å². The number of carbonyl (C=O) groups excluding carboxylic acids is 1. The van der Waals surface area contributed by atoms with E-state index in [1.807, 2.05) is 0 Å². The molecule has 3 heterocycles. The molecule has 0 aromatic heterocycles. The molecule has 120 valence electrons. The van der Waals surface area contributed by atoms with Crippen LogP contribution in [0, 0.1) is 0 Å². The van der Waals surface area contributed by atoms with Crippen molar-refractivity contribution in [2.75, 3.05) is 32.7 Å². The zero-order chi connectivity index (χ0) is 14.8. The van der Waals surface area contributed by atoms with Crippen molar-refractivity contribution in [3.8, 4) is 0 Å². The molecule has 3 fully saturated rings. The topological polar surface area (TPSA) is 26.8 Å². The largest absolute Gasteiger partial charge is 0.341 e. The predicted octanol–water partition coefficient (Wildman–Crippen LogP) is 1.95. The Morgan fingerprint density at radius 3 is 2.19 bits per heavy atom. The van der Waals surface area contributed by atoms with Crippen molar-refractivity contribution >= 4 is 5.91 Å². The number of likely N-dealkylation sites (tertiary alicyclic amines) is 3. The Kier molecular flexibility index (Phi) is 4.85. The first-order valence-electron chi connectivity index (χ1n) is 8.95. The lowest BCUT2D eigenvalue weighted by molar-refractivity contribution is -0.138. The smallest absolute Gasteiger partial charge is 0.239 e. The molecule has 0 saturated carbocycles. The molecule has 4 heteroatoms. The molecule has 0 aliphatic carbocycles. The van der Waals surface area contributed by atoms with Crippen LogP contribution in [-0.2, 0) is 4.79 Å². The maximum atomic E-state index is 12.8. The van der Waals surface area contributed by atoms with E-state index in [-0.39, 0.29) is 6.04 Å². The molecule has 3 aliphatic heterocycles. The van der Waals surface area contributed by atoms with Gasteiger partial charge in [0.2, 0.25) is 5.91 Å². The molecular weight excluding hydrogens is 262 g/mol. The third kappa shape index (κ3) is 3.26. The molecular formula is C17H31N3O. The van der Waals surface area contributed by atoms with E-state index in [1.54, 1.807) is 0 Å².